The molecule has 0 aliphatic heterocycles. The maximum absolute atomic E-state index is 13.3. The van der Waals surface area contributed by atoms with E-state index in [0.29, 0.717) is 17.5 Å². The lowest BCUT2D eigenvalue weighted by Crippen LogP contribution is -2.51. The third-order valence-corrected chi connectivity index (χ3v) is 6.61. The number of nitrogens with one attached hydrogen (secondary N) is 1. The smallest absolute Gasteiger partial charge is 0.168 e. The zero-order chi connectivity index (χ0) is 18.8. The van der Waals surface area contributed by atoms with E-state index in [1.165, 1.54) is 5.56 Å². The quantitative estimate of drug-likeness (QED) is 0.721. The number of Topliss-reactive ketones (excluding diaryl/α,β-unsaturated/α-hetero) is 1. The Bertz CT molecular complexity index is 1050. The van der Waals surface area contributed by atoms with Gasteiger partial charge < -0.3 is 10.7 Å². The number of pyridine rings is 1. The molecule has 3 N–H and O–H groups in total. The van der Waals surface area contributed by atoms with Crippen LogP contribution in [0.4, 0.5) is 5.82 Å². The van der Waals surface area contributed by atoms with Crippen molar-refractivity contribution in [2.75, 3.05) is 5.73 Å². The molecule has 0 unspecified atom stereocenters. The monoisotopic (exact) mass is 357 g/mol. The molecule has 27 heavy (non-hydrogen) atoms. The Kier molecular flexibility index (Phi) is 3.36. The summed E-state index contributed by atoms with van der Waals surface area (Å²) in [5.41, 5.74) is 12.3. The number of nitrogens with two attached hydrogens (primary N) is 1. The summed E-state index contributed by atoms with van der Waals surface area (Å²) in [4.78, 5) is 21.1. The number of hydrogen-bond donors (Lipinski definition) is 2. The van der Waals surface area contributed by atoms with E-state index in [2.05, 4.69) is 35.9 Å². The molecular weight excluding hydrogens is 334 g/mol. The highest BCUT2D eigenvalue weighted by Crippen LogP contribution is 2.62. The lowest BCUT2D eigenvalue weighted by molar-refractivity contribution is 0.0193. The second-order valence-corrected chi connectivity index (χ2v) is 8.43. The van der Waals surface area contributed by atoms with Crippen LogP contribution in [0.25, 0.3) is 11.3 Å². The van der Waals surface area contributed by atoms with E-state index in [1.807, 2.05) is 30.3 Å². The van der Waals surface area contributed by atoms with E-state index >= 15 is 0 Å². The Morgan fingerprint density at radius 3 is 2.67 bits per heavy atom. The highest BCUT2D eigenvalue weighted by atomic mass is 16.1. The average Bonchev–Trinajstić information content (AvgIpc) is 3.02. The van der Waals surface area contributed by atoms with Crippen molar-refractivity contribution in [3.8, 4) is 11.3 Å². The minimum atomic E-state index is 0.0352. The van der Waals surface area contributed by atoms with Gasteiger partial charge in [0, 0.05) is 41.3 Å². The summed E-state index contributed by atoms with van der Waals surface area (Å²) in [6.45, 7) is 4.43. The molecule has 6 rings (SSSR count). The van der Waals surface area contributed by atoms with Gasteiger partial charge in [0.25, 0.3) is 0 Å². The van der Waals surface area contributed by atoms with Crippen LogP contribution in [0.3, 0.4) is 0 Å². The van der Waals surface area contributed by atoms with Crippen LogP contribution in [-0.2, 0) is 6.42 Å². The number of carbonyl (C=O) groups is 1. The van der Waals surface area contributed by atoms with Gasteiger partial charge in [-0.15, -0.1) is 0 Å². The van der Waals surface area contributed by atoms with Crippen molar-refractivity contribution in [2.45, 2.75) is 32.6 Å². The average molecular weight is 357 g/mol. The Morgan fingerprint density at radius 2 is 1.96 bits per heavy atom. The van der Waals surface area contributed by atoms with Crippen LogP contribution in [-0.4, -0.2) is 15.8 Å². The van der Waals surface area contributed by atoms with Gasteiger partial charge >= 0.3 is 0 Å². The van der Waals surface area contributed by atoms with E-state index < -0.39 is 0 Å². The zero-order valence-electron chi connectivity index (χ0n) is 15.6. The molecule has 3 aromatic rings. The second kappa shape index (κ2) is 5.56. The van der Waals surface area contributed by atoms with Gasteiger partial charge in [-0.2, -0.15) is 0 Å². The lowest BCUT2D eigenvalue weighted by atomic mass is 9.48. The molecule has 0 radical (unpaired) electrons. The summed E-state index contributed by atoms with van der Waals surface area (Å²) in [5, 5.41) is 0. The zero-order valence-corrected chi connectivity index (χ0v) is 15.6. The molecule has 2 heterocycles. The van der Waals surface area contributed by atoms with Crippen LogP contribution in [0, 0.1) is 11.3 Å². The standard InChI is InChI=1S/C23H23N3O/c1-23(2)16-12-17(23)22(27)19-15(10-13-6-4-3-5-7-13)20(26-21(16)19)14-8-9-25-18(24)11-14/h3-9,11,16-17,26H,10,12H2,1-2H3,(H2,24,25)/t16-,17+/m1/s1. The van der Waals surface area contributed by atoms with Crippen molar-refractivity contribution in [1.82, 2.24) is 9.97 Å². The van der Waals surface area contributed by atoms with Crippen LogP contribution < -0.4 is 5.73 Å². The van der Waals surface area contributed by atoms with E-state index in [4.69, 9.17) is 5.73 Å². The van der Waals surface area contributed by atoms with E-state index in [1.54, 1.807) is 6.20 Å². The molecule has 0 spiro atoms. The van der Waals surface area contributed by atoms with Crippen LogP contribution in [0.2, 0.25) is 0 Å². The number of aromatic nitrogens is 2. The Labute approximate surface area is 158 Å². The molecule has 0 amide bonds. The van der Waals surface area contributed by atoms with Crippen molar-refractivity contribution in [3.05, 3.63) is 71.0 Å². The van der Waals surface area contributed by atoms with Gasteiger partial charge in [-0.3, -0.25) is 4.79 Å². The van der Waals surface area contributed by atoms with E-state index in [-0.39, 0.29) is 11.3 Å². The number of ketones is 1. The number of nitrogen functional groups attached to an aromatic ring is 1. The van der Waals surface area contributed by atoms with Crippen LogP contribution in [0.1, 0.15) is 53.4 Å². The molecule has 2 bridgehead atoms. The van der Waals surface area contributed by atoms with Gasteiger partial charge in [0.05, 0.1) is 5.69 Å². The maximum Gasteiger partial charge on any atom is 0.168 e. The molecule has 3 aliphatic rings. The van der Waals surface area contributed by atoms with Gasteiger partial charge in [0.1, 0.15) is 5.82 Å². The first-order valence-corrected chi connectivity index (χ1v) is 9.51. The minimum absolute atomic E-state index is 0.0352. The summed E-state index contributed by atoms with van der Waals surface area (Å²) < 4.78 is 0. The Balaban J connectivity index is 1.72. The van der Waals surface area contributed by atoms with E-state index in [0.717, 1.165) is 40.9 Å². The van der Waals surface area contributed by atoms with Crippen molar-refractivity contribution < 1.29 is 4.79 Å². The van der Waals surface area contributed by atoms with Crippen LogP contribution >= 0.6 is 0 Å². The fourth-order valence-corrected chi connectivity index (χ4v) is 4.96. The summed E-state index contributed by atoms with van der Waals surface area (Å²) in [7, 11) is 0. The molecule has 136 valence electrons. The van der Waals surface area contributed by atoms with Crippen molar-refractivity contribution in [2.24, 2.45) is 11.3 Å². The molecule has 4 nitrogen and oxygen atoms in total. The number of rotatable bonds is 3. The largest absolute Gasteiger partial charge is 0.384 e. The molecule has 1 aromatic carbocycles. The predicted octanol–water partition coefficient (Wildman–Crippen LogP) is 4.58. The molecule has 2 atom stereocenters. The molecular formula is C23H23N3O. The van der Waals surface area contributed by atoms with Gasteiger partial charge in [-0.25, -0.2) is 4.98 Å². The third kappa shape index (κ3) is 2.29. The molecule has 1 fully saturated rings. The minimum Gasteiger partial charge on any atom is -0.384 e. The van der Waals surface area contributed by atoms with Gasteiger partial charge in [-0.1, -0.05) is 44.2 Å². The van der Waals surface area contributed by atoms with Crippen LogP contribution in [0.15, 0.2) is 48.7 Å². The number of anilines is 1. The fraction of sp³-hybridized carbons (Fsp3) is 0.304. The first-order chi connectivity index (χ1) is 13.0. The number of nitrogens with zero attached hydrogens (tertiary/aromatic N) is 1. The van der Waals surface area contributed by atoms with Crippen molar-refractivity contribution in [3.63, 3.8) is 0 Å². The highest BCUT2D eigenvalue weighted by molar-refractivity contribution is 6.05. The van der Waals surface area contributed by atoms with E-state index in [9.17, 15) is 4.79 Å². The first kappa shape index (κ1) is 16.3. The maximum atomic E-state index is 13.3. The Morgan fingerprint density at radius 1 is 1.19 bits per heavy atom. The van der Waals surface area contributed by atoms with Crippen molar-refractivity contribution in [1.29, 1.82) is 0 Å². The second-order valence-electron chi connectivity index (χ2n) is 8.43. The molecule has 0 saturated heterocycles. The number of aromatic amines is 1. The van der Waals surface area contributed by atoms with Crippen LogP contribution in [0.5, 0.6) is 0 Å². The fourth-order valence-electron chi connectivity index (χ4n) is 4.96. The normalized spacial score (nSPS) is 22.2. The highest BCUT2D eigenvalue weighted by Gasteiger charge is 2.58. The number of H-pyrrole nitrogens is 1. The summed E-state index contributed by atoms with van der Waals surface area (Å²) >= 11 is 0. The van der Waals surface area contributed by atoms with Gasteiger partial charge in [0.15, 0.2) is 5.78 Å². The summed E-state index contributed by atoms with van der Waals surface area (Å²) in [6, 6.07) is 14.2. The molecule has 2 aromatic heterocycles. The molecule has 3 aliphatic carbocycles. The number of carbonyl (C=O) groups excluding carboxylic acids is 1. The third-order valence-electron chi connectivity index (χ3n) is 6.61. The van der Waals surface area contributed by atoms with Gasteiger partial charge in [0.2, 0.25) is 0 Å². The first-order valence-electron chi connectivity index (χ1n) is 9.51. The Hall–Kier alpha value is -2.88. The number of hydrogen-bond acceptors (Lipinski definition) is 3. The van der Waals surface area contributed by atoms with Crippen molar-refractivity contribution >= 4 is 11.6 Å². The van der Waals surface area contributed by atoms with Gasteiger partial charge in [-0.05, 0) is 35.1 Å². The number of benzene rings is 1. The lowest BCUT2D eigenvalue weighted by Gasteiger charge is -2.54. The summed E-state index contributed by atoms with van der Waals surface area (Å²) in [6.07, 6.45) is 3.42. The topological polar surface area (TPSA) is 71.8 Å². The molecule has 4 heteroatoms. The predicted molar refractivity (Wildman–Crippen MR) is 107 cm³/mol. The molecule has 1 saturated carbocycles. The summed E-state index contributed by atoms with van der Waals surface area (Å²) in [5.74, 6) is 1.34. The SMILES string of the molecule is CC1(C)[C@@H]2C[C@H]1C(=O)c1c2[nH]c(-c2ccnc(N)c2)c1Cc1ccccc1.